The van der Waals surface area contributed by atoms with Gasteiger partial charge in [-0.25, -0.2) is 9.78 Å². The quantitative estimate of drug-likeness (QED) is 0.706. The largest absolute Gasteiger partial charge is 0.344 e. The number of carbonyl (C=O) groups is 1. The van der Waals surface area contributed by atoms with Gasteiger partial charge in [0, 0.05) is 25.0 Å². The van der Waals surface area contributed by atoms with Crippen LogP contribution >= 0.6 is 0 Å². The molecule has 0 saturated heterocycles. The molecular weight excluding hydrogens is 330 g/mol. The van der Waals surface area contributed by atoms with Crippen molar-refractivity contribution >= 4 is 6.03 Å². The highest BCUT2D eigenvalue weighted by Gasteiger charge is 2.18. The van der Waals surface area contributed by atoms with E-state index in [1.54, 1.807) is 6.20 Å². The van der Waals surface area contributed by atoms with Crippen molar-refractivity contribution in [2.45, 2.75) is 59.3 Å². The average molecular weight is 359 g/mol. The average Bonchev–Trinajstić information content (AvgIpc) is 3.23. The second-order valence-electron chi connectivity index (χ2n) is 6.98. The minimum absolute atomic E-state index is 0.175. The van der Waals surface area contributed by atoms with Gasteiger partial charge in [-0.3, -0.25) is 9.58 Å². The van der Waals surface area contributed by atoms with Gasteiger partial charge < -0.3 is 15.6 Å². The normalized spacial score (nSPS) is 15.5. The Labute approximate surface area is 154 Å². The lowest BCUT2D eigenvalue weighted by molar-refractivity contribution is 0.210. The highest BCUT2D eigenvalue weighted by Crippen LogP contribution is 2.14. The van der Waals surface area contributed by atoms with Gasteiger partial charge in [0.05, 0.1) is 30.5 Å². The second-order valence-corrected chi connectivity index (χ2v) is 6.98. The summed E-state index contributed by atoms with van der Waals surface area (Å²) >= 11 is 0. The van der Waals surface area contributed by atoms with E-state index in [0.29, 0.717) is 6.54 Å². The van der Waals surface area contributed by atoms with Gasteiger partial charge in [-0.1, -0.05) is 13.3 Å². The first-order valence-corrected chi connectivity index (χ1v) is 9.39. The fourth-order valence-corrected chi connectivity index (χ4v) is 3.18. The van der Waals surface area contributed by atoms with E-state index in [0.717, 1.165) is 43.4 Å². The van der Waals surface area contributed by atoms with Gasteiger partial charge in [0.1, 0.15) is 5.82 Å². The Hall–Kier alpha value is -2.35. The van der Waals surface area contributed by atoms with Crippen LogP contribution in [0.15, 0.2) is 12.3 Å². The molecule has 142 valence electrons. The van der Waals surface area contributed by atoms with E-state index < -0.39 is 0 Å². The van der Waals surface area contributed by atoms with E-state index in [9.17, 15) is 4.79 Å². The molecule has 0 saturated carbocycles. The zero-order valence-electron chi connectivity index (χ0n) is 15.9. The first kappa shape index (κ1) is 18.4. The lowest BCUT2D eigenvalue weighted by atomic mass is 10.2. The summed E-state index contributed by atoms with van der Waals surface area (Å²) in [7, 11) is 0. The number of H-pyrrole nitrogens is 1. The number of carbonyl (C=O) groups excluding carboxylic acids is 1. The van der Waals surface area contributed by atoms with Crippen LogP contribution in [0.1, 0.15) is 55.6 Å². The summed E-state index contributed by atoms with van der Waals surface area (Å²) in [5, 5.41) is 10.4. The number of unbranched alkanes of at least 4 members (excludes halogenated alkanes) is 1. The van der Waals surface area contributed by atoms with Crippen molar-refractivity contribution in [2.75, 3.05) is 13.1 Å². The molecule has 0 bridgehead atoms. The van der Waals surface area contributed by atoms with Crippen LogP contribution in [0.2, 0.25) is 0 Å². The van der Waals surface area contributed by atoms with E-state index in [1.807, 2.05) is 13.8 Å². The zero-order valence-corrected chi connectivity index (χ0v) is 15.9. The molecule has 2 aromatic heterocycles. The van der Waals surface area contributed by atoms with E-state index >= 15 is 0 Å². The van der Waals surface area contributed by atoms with Crippen LogP contribution in [0, 0.1) is 6.92 Å². The number of aromatic nitrogens is 4. The van der Waals surface area contributed by atoms with Gasteiger partial charge >= 0.3 is 6.03 Å². The van der Waals surface area contributed by atoms with Crippen molar-refractivity contribution in [1.82, 2.24) is 35.3 Å². The summed E-state index contributed by atoms with van der Waals surface area (Å²) in [6.07, 6.45) is 4.21. The number of urea groups is 1. The molecule has 0 aromatic carbocycles. The number of hydrogen-bond acceptors (Lipinski definition) is 4. The molecule has 1 atom stereocenters. The predicted molar refractivity (Wildman–Crippen MR) is 99.5 cm³/mol. The Morgan fingerprint density at radius 3 is 3.00 bits per heavy atom. The standard InChI is InChI=1S/C18H29N7O/c1-4-5-6-24-7-8-25-16(12-24)9-15(23-25)11-20-18(26)22-14(3)17-19-10-13(2)21-17/h9-10,14H,4-8,11-12H2,1-3H3,(H,19,21)(H2,20,22,26). The van der Waals surface area contributed by atoms with Gasteiger partial charge in [-0.2, -0.15) is 5.10 Å². The second kappa shape index (κ2) is 8.35. The molecule has 0 spiro atoms. The first-order valence-electron chi connectivity index (χ1n) is 9.39. The number of nitrogens with zero attached hydrogens (tertiary/aromatic N) is 4. The lowest BCUT2D eigenvalue weighted by Crippen LogP contribution is -2.37. The summed E-state index contributed by atoms with van der Waals surface area (Å²) in [6, 6.07) is 1.70. The fourth-order valence-electron chi connectivity index (χ4n) is 3.18. The van der Waals surface area contributed by atoms with Crippen molar-refractivity contribution in [3.63, 3.8) is 0 Å². The maximum absolute atomic E-state index is 12.1. The van der Waals surface area contributed by atoms with Gasteiger partial charge in [0.15, 0.2) is 0 Å². The molecule has 0 aliphatic carbocycles. The summed E-state index contributed by atoms with van der Waals surface area (Å²) in [5.41, 5.74) is 3.10. The molecule has 3 N–H and O–H groups in total. The number of amides is 2. The van der Waals surface area contributed by atoms with Crippen LogP contribution in [0.25, 0.3) is 0 Å². The Kier molecular flexibility index (Phi) is 5.92. The van der Waals surface area contributed by atoms with Gasteiger partial charge in [-0.15, -0.1) is 0 Å². The third-order valence-corrected chi connectivity index (χ3v) is 4.67. The molecular formula is C18H29N7O. The molecule has 2 aromatic rings. The molecule has 3 heterocycles. The molecule has 0 radical (unpaired) electrons. The van der Waals surface area contributed by atoms with E-state index in [4.69, 9.17) is 0 Å². The number of rotatable bonds is 7. The third kappa shape index (κ3) is 4.63. The van der Waals surface area contributed by atoms with E-state index in [1.165, 1.54) is 18.5 Å². The number of nitrogens with one attached hydrogen (secondary N) is 3. The Morgan fingerprint density at radius 1 is 1.42 bits per heavy atom. The highest BCUT2D eigenvalue weighted by atomic mass is 16.2. The molecule has 8 nitrogen and oxygen atoms in total. The van der Waals surface area contributed by atoms with Crippen molar-refractivity contribution in [3.8, 4) is 0 Å². The van der Waals surface area contributed by atoms with Gasteiger partial charge in [0.2, 0.25) is 0 Å². The lowest BCUT2D eigenvalue weighted by Gasteiger charge is -2.27. The van der Waals surface area contributed by atoms with Crippen LogP contribution in [0.5, 0.6) is 0 Å². The van der Waals surface area contributed by atoms with Crippen molar-refractivity contribution in [3.05, 3.63) is 35.2 Å². The maximum atomic E-state index is 12.1. The monoisotopic (exact) mass is 359 g/mol. The molecule has 0 fully saturated rings. The predicted octanol–water partition coefficient (Wildman–Crippen LogP) is 2.09. The van der Waals surface area contributed by atoms with Gasteiger partial charge in [0.25, 0.3) is 0 Å². The van der Waals surface area contributed by atoms with Crippen LogP contribution in [0.3, 0.4) is 0 Å². The smallest absolute Gasteiger partial charge is 0.315 e. The van der Waals surface area contributed by atoms with Crippen molar-refractivity contribution < 1.29 is 4.79 Å². The Bertz CT molecular complexity index is 736. The molecule has 1 aliphatic heterocycles. The number of imidazole rings is 1. The SMILES string of the molecule is CCCCN1CCn2nc(CNC(=O)NC(C)c3ncc(C)[nH]3)cc2C1. The van der Waals surface area contributed by atoms with Gasteiger partial charge in [-0.05, 0) is 32.9 Å². The number of aromatic amines is 1. The van der Waals surface area contributed by atoms with Crippen LogP contribution in [-0.4, -0.2) is 43.8 Å². The Morgan fingerprint density at radius 2 is 2.27 bits per heavy atom. The zero-order chi connectivity index (χ0) is 18.5. The van der Waals surface area contributed by atoms with E-state index in [2.05, 4.69) is 48.3 Å². The topological polar surface area (TPSA) is 90.9 Å². The Balaban J connectivity index is 1.48. The van der Waals surface area contributed by atoms with Crippen LogP contribution < -0.4 is 10.6 Å². The van der Waals surface area contributed by atoms with Crippen LogP contribution in [0.4, 0.5) is 4.79 Å². The fraction of sp³-hybridized carbons (Fsp3) is 0.611. The summed E-state index contributed by atoms with van der Waals surface area (Å²) < 4.78 is 2.06. The van der Waals surface area contributed by atoms with Crippen molar-refractivity contribution in [1.29, 1.82) is 0 Å². The first-order chi connectivity index (χ1) is 12.5. The summed E-state index contributed by atoms with van der Waals surface area (Å²) in [5.74, 6) is 0.752. The minimum atomic E-state index is -0.220. The number of aryl methyl sites for hydroxylation is 1. The third-order valence-electron chi connectivity index (χ3n) is 4.67. The maximum Gasteiger partial charge on any atom is 0.315 e. The molecule has 3 rings (SSSR count). The summed E-state index contributed by atoms with van der Waals surface area (Å²) in [4.78, 5) is 22.0. The minimum Gasteiger partial charge on any atom is -0.344 e. The van der Waals surface area contributed by atoms with Crippen molar-refractivity contribution in [2.24, 2.45) is 0 Å². The van der Waals surface area contributed by atoms with Crippen LogP contribution in [-0.2, 0) is 19.6 Å². The molecule has 1 aliphatic rings. The highest BCUT2D eigenvalue weighted by molar-refractivity contribution is 5.74. The number of hydrogen-bond donors (Lipinski definition) is 3. The van der Waals surface area contributed by atoms with E-state index in [-0.39, 0.29) is 12.1 Å². The molecule has 2 amide bonds. The number of fused-ring (bicyclic) bond motifs is 1. The molecule has 26 heavy (non-hydrogen) atoms. The molecule has 8 heteroatoms. The summed E-state index contributed by atoms with van der Waals surface area (Å²) in [6.45, 7) is 10.5. The molecule has 1 unspecified atom stereocenters.